The van der Waals surface area contributed by atoms with Crippen LogP contribution in [-0.2, 0) is 11.2 Å². The standard InChI is InChI=1S/C12H10BrNOS/c13-11-3-1-9(2-4-11)7-10(8-15)12-14-5-6-16-12/h1-6,8,10H,7H2. The van der Waals surface area contributed by atoms with E-state index in [2.05, 4.69) is 20.9 Å². The lowest BCUT2D eigenvalue weighted by Crippen LogP contribution is -2.03. The number of rotatable bonds is 4. The zero-order valence-electron chi connectivity index (χ0n) is 8.47. The third-order valence-corrected chi connectivity index (χ3v) is 3.74. The van der Waals surface area contributed by atoms with Crippen LogP contribution in [0.1, 0.15) is 16.5 Å². The number of benzene rings is 1. The highest BCUT2D eigenvalue weighted by molar-refractivity contribution is 9.10. The van der Waals surface area contributed by atoms with Gasteiger partial charge < -0.3 is 4.79 Å². The van der Waals surface area contributed by atoms with E-state index < -0.39 is 0 Å². The first kappa shape index (κ1) is 11.5. The number of aromatic nitrogens is 1. The summed E-state index contributed by atoms with van der Waals surface area (Å²) in [5, 5.41) is 2.78. The van der Waals surface area contributed by atoms with E-state index in [4.69, 9.17) is 0 Å². The van der Waals surface area contributed by atoms with Crippen molar-refractivity contribution >= 4 is 33.6 Å². The van der Waals surface area contributed by atoms with Crippen LogP contribution in [0.3, 0.4) is 0 Å². The summed E-state index contributed by atoms with van der Waals surface area (Å²) in [6.45, 7) is 0. The first-order valence-electron chi connectivity index (χ1n) is 4.88. The van der Waals surface area contributed by atoms with Gasteiger partial charge in [0.25, 0.3) is 0 Å². The van der Waals surface area contributed by atoms with Crippen molar-refractivity contribution in [2.24, 2.45) is 0 Å². The highest BCUT2D eigenvalue weighted by Crippen LogP contribution is 2.21. The molecule has 0 aliphatic carbocycles. The van der Waals surface area contributed by atoms with Gasteiger partial charge in [-0.15, -0.1) is 11.3 Å². The van der Waals surface area contributed by atoms with Crippen molar-refractivity contribution in [2.45, 2.75) is 12.3 Å². The van der Waals surface area contributed by atoms with Crippen LogP contribution >= 0.6 is 27.3 Å². The van der Waals surface area contributed by atoms with Crippen LogP contribution in [0.25, 0.3) is 0 Å². The van der Waals surface area contributed by atoms with Gasteiger partial charge in [0.2, 0.25) is 0 Å². The fourth-order valence-electron chi connectivity index (χ4n) is 1.49. The van der Waals surface area contributed by atoms with Gasteiger partial charge in [0.05, 0.1) is 5.92 Å². The van der Waals surface area contributed by atoms with Gasteiger partial charge in [-0.25, -0.2) is 4.98 Å². The van der Waals surface area contributed by atoms with Gasteiger partial charge in [-0.3, -0.25) is 0 Å². The topological polar surface area (TPSA) is 30.0 Å². The number of aldehydes is 1. The fourth-order valence-corrected chi connectivity index (χ4v) is 2.45. The number of hydrogen-bond donors (Lipinski definition) is 0. The Morgan fingerprint density at radius 1 is 1.38 bits per heavy atom. The zero-order valence-corrected chi connectivity index (χ0v) is 10.9. The molecule has 16 heavy (non-hydrogen) atoms. The van der Waals surface area contributed by atoms with Crippen LogP contribution in [0, 0.1) is 0 Å². The predicted octanol–water partition coefficient (Wildman–Crippen LogP) is 3.43. The Labute approximate surface area is 106 Å². The molecule has 0 N–H and O–H groups in total. The van der Waals surface area contributed by atoms with E-state index >= 15 is 0 Å². The first-order valence-corrected chi connectivity index (χ1v) is 6.56. The lowest BCUT2D eigenvalue weighted by molar-refractivity contribution is -0.109. The van der Waals surface area contributed by atoms with Crippen molar-refractivity contribution in [3.05, 3.63) is 50.9 Å². The van der Waals surface area contributed by atoms with Gasteiger partial charge >= 0.3 is 0 Å². The normalized spacial score (nSPS) is 12.3. The van der Waals surface area contributed by atoms with Crippen molar-refractivity contribution in [3.63, 3.8) is 0 Å². The summed E-state index contributed by atoms with van der Waals surface area (Å²) >= 11 is 4.91. The average Bonchev–Trinajstić information content (AvgIpc) is 2.82. The molecule has 0 amide bonds. The summed E-state index contributed by atoms with van der Waals surface area (Å²) in [4.78, 5) is 15.2. The molecule has 1 heterocycles. The smallest absolute Gasteiger partial charge is 0.130 e. The Morgan fingerprint density at radius 3 is 2.69 bits per heavy atom. The number of hydrogen-bond acceptors (Lipinski definition) is 3. The maximum atomic E-state index is 11.0. The van der Waals surface area contributed by atoms with E-state index in [1.807, 2.05) is 29.6 Å². The van der Waals surface area contributed by atoms with Crippen molar-refractivity contribution in [3.8, 4) is 0 Å². The molecule has 1 unspecified atom stereocenters. The number of thiazole rings is 1. The van der Waals surface area contributed by atoms with Crippen molar-refractivity contribution in [1.29, 1.82) is 0 Å². The Hall–Kier alpha value is -1.00. The molecule has 82 valence electrons. The highest BCUT2D eigenvalue weighted by atomic mass is 79.9. The van der Waals surface area contributed by atoms with E-state index in [1.54, 1.807) is 6.20 Å². The van der Waals surface area contributed by atoms with E-state index in [9.17, 15) is 4.79 Å². The maximum Gasteiger partial charge on any atom is 0.130 e. The minimum Gasteiger partial charge on any atom is -0.303 e. The van der Waals surface area contributed by atoms with Gasteiger partial charge in [-0.05, 0) is 24.1 Å². The van der Waals surface area contributed by atoms with E-state index in [0.717, 1.165) is 21.3 Å². The van der Waals surface area contributed by atoms with Crippen LogP contribution < -0.4 is 0 Å². The van der Waals surface area contributed by atoms with Crippen molar-refractivity contribution < 1.29 is 4.79 Å². The third kappa shape index (κ3) is 2.77. The average molecular weight is 296 g/mol. The molecular formula is C12H10BrNOS. The molecule has 1 aromatic carbocycles. The van der Waals surface area contributed by atoms with Crippen molar-refractivity contribution in [1.82, 2.24) is 4.98 Å². The molecule has 1 atom stereocenters. The molecule has 0 bridgehead atoms. The third-order valence-electron chi connectivity index (χ3n) is 2.30. The molecule has 0 spiro atoms. The summed E-state index contributed by atoms with van der Waals surface area (Å²) in [5.41, 5.74) is 1.15. The maximum absolute atomic E-state index is 11.0. The molecule has 1 aromatic heterocycles. The first-order chi connectivity index (χ1) is 7.79. The molecule has 2 rings (SSSR count). The molecule has 2 nitrogen and oxygen atoms in total. The Bertz CT molecular complexity index is 452. The van der Waals surface area contributed by atoms with E-state index in [0.29, 0.717) is 6.42 Å². The summed E-state index contributed by atoms with van der Waals surface area (Å²) in [7, 11) is 0. The molecular weight excluding hydrogens is 286 g/mol. The summed E-state index contributed by atoms with van der Waals surface area (Å²) < 4.78 is 1.05. The highest BCUT2D eigenvalue weighted by Gasteiger charge is 2.13. The molecule has 0 radical (unpaired) electrons. The van der Waals surface area contributed by atoms with Gasteiger partial charge in [-0.1, -0.05) is 28.1 Å². The molecule has 0 fully saturated rings. The Balaban J connectivity index is 2.13. The van der Waals surface area contributed by atoms with Crippen molar-refractivity contribution in [2.75, 3.05) is 0 Å². The van der Waals surface area contributed by atoms with Gasteiger partial charge in [0, 0.05) is 16.0 Å². The second kappa shape index (κ2) is 5.37. The molecule has 2 aromatic rings. The van der Waals surface area contributed by atoms with Crippen LogP contribution in [0.2, 0.25) is 0 Å². The second-order valence-corrected chi connectivity index (χ2v) is 5.29. The summed E-state index contributed by atoms with van der Waals surface area (Å²) in [5.74, 6) is -0.124. The van der Waals surface area contributed by atoms with Crippen LogP contribution in [0.5, 0.6) is 0 Å². The molecule has 0 saturated carbocycles. The monoisotopic (exact) mass is 295 g/mol. The van der Waals surface area contributed by atoms with E-state index in [-0.39, 0.29) is 5.92 Å². The fraction of sp³-hybridized carbons (Fsp3) is 0.167. The Kier molecular flexibility index (Phi) is 3.85. The van der Waals surface area contributed by atoms with Gasteiger partial charge in [-0.2, -0.15) is 0 Å². The number of nitrogens with zero attached hydrogens (tertiary/aromatic N) is 1. The summed E-state index contributed by atoms with van der Waals surface area (Å²) in [6, 6.07) is 8.01. The zero-order chi connectivity index (χ0) is 11.4. The van der Waals surface area contributed by atoms with Crippen LogP contribution in [0.15, 0.2) is 40.3 Å². The predicted molar refractivity (Wildman–Crippen MR) is 68.8 cm³/mol. The number of halogens is 1. The molecule has 4 heteroatoms. The lowest BCUT2D eigenvalue weighted by atomic mass is 10.0. The molecule has 0 saturated heterocycles. The Morgan fingerprint density at radius 2 is 2.12 bits per heavy atom. The van der Waals surface area contributed by atoms with Gasteiger partial charge in [0.1, 0.15) is 11.3 Å². The minimum atomic E-state index is -0.124. The number of carbonyl (C=O) groups excluding carboxylic acids is 1. The SMILES string of the molecule is O=CC(Cc1ccc(Br)cc1)c1nccs1. The second-order valence-electron chi connectivity index (χ2n) is 3.44. The largest absolute Gasteiger partial charge is 0.303 e. The lowest BCUT2D eigenvalue weighted by Gasteiger charge is -2.06. The van der Waals surface area contributed by atoms with Crippen LogP contribution in [-0.4, -0.2) is 11.3 Å². The van der Waals surface area contributed by atoms with Gasteiger partial charge in [0.15, 0.2) is 0 Å². The van der Waals surface area contributed by atoms with E-state index in [1.165, 1.54) is 11.3 Å². The quantitative estimate of drug-likeness (QED) is 0.809. The summed E-state index contributed by atoms with van der Waals surface area (Å²) in [6.07, 6.45) is 3.42. The molecule has 0 aliphatic rings. The number of carbonyl (C=O) groups is 1. The van der Waals surface area contributed by atoms with Crippen LogP contribution in [0.4, 0.5) is 0 Å². The molecule has 0 aliphatic heterocycles. The minimum absolute atomic E-state index is 0.124.